The topological polar surface area (TPSA) is 67.4 Å². The number of amides is 2. The zero-order valence-corrected chi connectivity index (χ0v) is 12.5. The van der Waals surface area contributed by atoms with Crippen LogP contribution in [0, 0.1) is 0 Å². The van der Waals surface area contributed by atoms with Crippen molar-refractivity contribution in [3.63, 3.8) is 0 Å². The van der Waals surface area contributed by atoms with Crippen LogP contribution >= 0.6 is 0 Å². The molecule has 2 rings (SSSR count). The van der Waals surface area contributed by atoms with Crippen molar-refractivity contribution in [2.45, 2.75) is 13.0 Å². The van der Waals surface area contributed by atoms with E-state index in [4.69, 9.17) is 4.74 Å². The van der Waals surface area contributed by atoms with E-state index in [1.165, 1.54) is 0 Å². The molecule has 5 nitrogen and oxygen atoms in total. The maximum absolute atomic E-state index is 12.1. The smallest absolute Gasteiger partial charge is 0.265 e. The first-order chi connectivity index (χ1) is 10.6. The third kappa shape index (κ3) is 4.09. The fraction of sp³-hybridized carbons (Fsp3) is 0.176. The van der Waals surface area contributed by atoms with Crippen LogP contribution in [0.3, 0.4) is 0 Å². The summed E-state index contributed by atoms with van der Waals surface area (Å²) in [6.07, 6.45) is -0.624. The van der Waals surface area contributed by atoms with Gasteiger partial charge in [-0.15, -0.1) is 0 Å². The van der Waals surface area contributed by atoms with Crippen molar-refractivity contribution in [2.24, 2.45) is 0 Å². The molecule has 2 N–H and O–H groups in total. The number of nitrogens with one attached hydrogen (secondary N) is 2. The summed E-state index contributed by atoms with van der Waals surface area (Å²) in [6, 6.07) is 15.8. The molecule has 0 aliphatic rings. The third-order valence-corrected chi connectivity index (χ3v) is 3.07. The molecule has 0 aliphatic carbocycles. The van der Waals surface area contributed by atoms with Crippen LogP contribution in [0.5, 0.6) is 5.75 Å². The van der Waals surface area contributed by atoms with Gasteiger partial charge in [0.05, 0.1) is 0 Å². The van der Waals surface area contributed by atoms with Gasteiger partial charge in [-0.25, -0.2) is 0 Å². The van der Waals surface area contributed by atoms with Crippen LogP contribution < -0.4 is 15.4 Å². The highest BCUT2D eigenvalue weighted by Crippen LogP contribution is 2.13. The molecule has 2 amide bonds. The van der Waals surface area contributed by atoms with E-state index in [2.05, 4.69) is 10.6 Å². The summed E-state index contributed by atoms with van der Waals surface area (Å²) in [6.45, 7) is 1.68. The Labute approximate surface area is 129 Å². The second kappa shape index (κ2) is 7.26. The number of rotatable bonds is 5. The molecule has 0 radical (unpaired) electrons. The second-order valence-electron chi connectivity index (χ2n) is 4.72. The van der Waals surface area contributed by atoms with E-state index >= 15 is 0 Å². The van der Waals surface area contributed by atoms with Gasteiger partial charge in [-0.1, -0.05) is 18.2 Å². The minimum absolute atomic E-state index is 0.168. The molecule has 2 aromatic carbocycles. The molecule has 0 fully saturated rings. The number of para-hydroxylation sites is 1. The van der Waals surface area contributed by atoms with Gasteiger partial charge in [0.15, 0.2) is 6.10 Å². The average molecular weight is 298 g/mol. The Hall–Kier alpha value is -2.82. The van der Waals surface area contributed by atoms with Crippen molar-refractivity contribution in [2.75, 3.05) is 12.4 Å². The van der Waals surface area contributed by atoms with Crippen LogP contribution in [0.1, 0.15) is 17.3 Å². The molecule has 114 valence electrons. The van der Waals surface area contributed by atoms with Crippen molar-refractivity contribution >= 4 is 17.5 Å². The fourth-order valence-corrected chi connectivity index (χ4v) is 1.85. The highest BCUT2D eigenvalue weighted by atomic mass is 16.5. The molecule has 1 unspecified atom stereocenters. The average Bonchev–Trinajstić information content (AvgIpc) is 2.55. The standard InChI is InChI=1S/C17H18N2O3/c1-12(22-15-6-4-3-5-7-15)16(20)19-14-10-8-13(9-11-14)17(21)18-2/h3-12H,1-2H3,(H,18,21)(H,19,20). The zero-order chi connectivity index (χ0) is 15.9. The molecule has 1 atom stereocenters. The minimum atomic E-state index is -0.624. The summed E-state index contributed by atoms with van der Waals surface area (Å²) in [4.78, 5) is 23.5. The number of anilines is 1. The van der Waals surface area contributed by atoms with E-state index in [9.17, 15) is 9.59 Å². The van der Waals surface area contributed by atoms with Crippen LogP contribution in [0.15, 0.2) is 54.6 Å². The lowest BCUT2D eigenvalue weighted by Gasteiger charge is -2.14. The fourth-order valence-electron chi connectivity index (χ4n) is 1.85. The molecular formula is C17H18N2O3. The predicted molar refractivity (Wildman–Crippen MR) is 85.0 cm³/mol. The number of benzene rings is 2. The van der Waals surface area contributed by atoms with Gasteiger partial charge in [0, 0.05) is 18.3 Å². The normalized spacial score (nSPS) is 11.4. The lowest BCUT2D eigenvalue weighted by molar-refractivity contribution is -0.122. The molecule has 0 bridgehead atoms. The van der Waals surface area contributed by atoms with Crippen molar-refractivity contribution < 1.29 is 14.3 Å². The Morgan fingerprint density at radius 2 is 1.64 bits per heavy atom. The lowest BCUT2D eigenvalue weighted by atomic mass is 10.2. The van der Waals surface area contributed by atoms with Gasteiger partial charge in [0.2, 0.25) is 0 Å². The van der Waals surface area contributed by atoms with Crippen molar-refractivity contribution in [3.05, 3.63) is 60.2 Å². The molecule has 0 aliphatic heterocycles. The van der Waals surface area contributed by atoms with Crippen LogP contribution in [-0.2, 0) is 4.79 Å². The summed E-state index contributed by atoms with van der Waals surface area (Å²) in [5.41, 5.74) is 1.15. The first-order valence-electron chi connectivity index (χ1n) is 6.95. The van der Waals surface area contributed by atoms with Crippen LogP contribution in [0.4, 0.5) is 5.69 Å². The summed E-state index contributed by atoms with van der Waals surface area (Å²) < 4.78 is 5.55. The zero-order valence-electron chi connectivity index (χ0n) is 12.5. The number of hydrogen-bond acceptors (Lipinski definition) is 3. The molecule has 2 aromatic rings. The minimum Gasteiger partial charge on any atom is -0.481 e. The largest absolute Gasteiger partial charge is 0.481 e. The van der Waals surface area contributed by atoms with Crippen molar-refractivity contribution in [1.29, 1.82) is 0 Å². The lowest BCUT2D eigenvalue weighted by Crippen LogP contribution is -2.30. The highest BCUT2D eigenvalue weighted by Gasteiger charge is 2.15. The first-order valence-corrected chi connectivity index (χ1v) is 6.95. The van der Waals surface area contributed by atoms with E-state index in [1.807, 2.05) is 18.2 Å². The molecule has 0 saturated carbocycles. The van der Waals surface area contributed by atoms with Crippen molar-refractivity contribution in [3.8, 4) is 5.75 Å². The first kappa shape index (κ1) is 15.6. The summed E-state index contributed by atoms with van der Waals surface area (Å²) in [5.74, 6) is 0.218. The van der Waals surface area contributed by atoms with Crippen molar-refractivity contribution in [1.82, 2.24) is 5.32 Å². The number of carbonyl (C=O) groups excluding carboxylic acids is 2. The van der Waals surface area contributed by atoms with Gasteiger partial charge < -0.3 is 15.4 Å². The Bertz CT molecular complexity index is 639. The summed E-state index contributed by atoms with van der Waals surface area (Å²) in [7, 11) is 1.57. The van der Waals surface area contributed by atoms with E-state index in [0.717, 1.165) is 0 Å². The van der Waals surface area contributed by atoms with Gasteiger partial charge in [-0.3, -0.25) is 9.59 Å². The monoisotopic (exact) mass is 298 g/mol. The van der Waals surface area contributed by atoms with Crippen LogP contribution in [-0.4, -0.2) is 25.0 Å². The molecule has 0 aromatic heterocycles. The van der Waals surface area contributed by atoms with E-state index in [0.29, 0.717) is 17.0 Å². The third-order valence-electron chi connectivity index (χ3n) is 3.07. The summed E-state index contributed by atoms with van der Waals surface area (Å²) in [5, 5.41) is 5.29. The molecule has 22 heavy (non-hydrogen) atoms. The Morgan fingerprint density at radius 1 is 1.00 bits per heavy atom. The molecule has 5 heteroatoms. The Kier molecular flexibility index (Phi) is 5.14. The van der Waals surface area contributed by atoms with Gasteiger partial charge in [0.1, 0.15) is 5.75 Å². The van der Waals surface area contributed by atoms with Crippen LogP contribution in [0.25, 0.3) is 0 Å². The van der Waals surface area contributed by atoms with Crippen LogP contribution in [0.2, 0.25) is 0 Å². The van der Waals surface area contributed by atoms with E-state index in [-0.39, 0.29) is 11.8 Å². The molecule has 0 heterocycles. The Balaban J connectivity index is 1.95. The number of carbonyl (C=O) groups is 2. The SMILES string of the molecule is CNC(=O)c1ccc(NC(=O)C(C)Oc2ccccc2)cc1. The molecule has 0 spiro atoms. The number of ether oxygens (including phenoxy) is 1. The summed E-state index contributed by atoms with van der Waals surface area (Å²) >= 11 is 0. The van der Waals surface area contributed by atoms with E-state index in [1.54, 1.807) is 50.4 Å². The van der Waals surface area contributed by atoms with Gasteiger partial charge in [-0.2, -0.15) is 0 Å². The van der Waals surface area contributed by atoms with Gasteiger partial charge >= 0.3 is 0 Å². The molecular weight excluding hydrogens is 280 g/mol. The second-order valence-corrected chi connectivity index (χ2v) is 4.72. The van der Waals surface area contributed by atoms with Gasteiger partial charge in [0.25, 0.3) is 11.8 Å². The predicted octanol–water partition coefficient (Wildman–Crippen LogP) is 2.45. The maximum atomic E-state index is 12.1. The highest BCUT2D eigenvalue weighted by molar-refractivity contribution is 5.96. The van der Waals surface area contributed by atoms with Gasteiger partial charge in [-0.05, 0) is 43.3 Å². The Morgan fingerprint density at radius 3 is 2.23 bits per heavy atom. The van der Waals surface area contributed by atoms with E-state index < -0.39 is 6.10 Å². The number of hydrogen-bond donors (Lipinski definition) is 2. The maximum Gasteiger partial charge on any atom is 0.265 e. The molecule has 0 saturated heterocycles. The quantitative estimate of drug-likeness (QED) is 0.891.